The van der Waals surface area contributed by atoms with Crippen LogP contribution in [0.15, 0.2) is 35.6 Å². The van der Waals surface area contributed by atoms with E-state index in [0.29, 0.717) is 29.3 Å². The number of hydrogen-bond acceptors (Lipinski definition) is 7. The number of ether oxygens (including phenoxy) is 1. The van der Waals surface area contributed by atoms with Crippen molar-refractivity contribution in [2.75, 3.05) is 34.3 Å². The van der Waals surface area contributed by atoms with Crippen LogP contribution in [0.25, 0.3) is 0 Å². The van der Waals surface area contributed by atoms with Crippen molar-refractivity contribution in [2.24, 2.45) is 0 Å². The number of ketones is 1. The van der Waals surface area contributed by atoms with Crippen molar-refractivity contribution in [1.82, 2.24) is 14.8 Å². The second kappa shape index (κ2) is 8.97. The number of benzene rings is 1. The maximum absolute atomic E-state index is 13.4. The molecule has 2 heterocycles. The smallest absolute Gasteiger partial charge is 0.290 e. The predicted octanol–water partition coefficient (Wildman–Crippen LogP) is 3.30. The third-order valence-corrected chi connectivity index (χ3v) is 6.14. The van der Waals surface area contributed by atoms with E-state index in [0.717, 1.165) is 17.1 Å². The molecule has 1 aliphatic heterocycles. The van der Waals surface area contributed by atoms with Gasteiger partial charge in [0, 0.05) is 6.54 Å². The number of carbonyl (C=O) groups excluding carboxylic acids is 2. The molecule has 0 spiro atoms. The Labute approximate surface area is 180 Å². The first-order valence-electron chi connectivity index (χ1n) is 9.76. The highest BCUT2D eigenvalue weighted by Gasteiger charge is 2.44. The zero-order valence-electron chi connectivity index (χ0n) is 17.9. The summed E-state index contributed by atoms with van der Waals surface area (Å²) in [5.41, 5.74) is 1.43. The number of aryl methyl sites for hydroxylation is 2. The summed E-state index contributed by atoms with van der Waals surface area (Å²) in [7, 11) is 5.49. The number of aliphatic hydroxyl groups is 1. The fourth-order valence-corrected chi connectivity index (χ4v) is 4.57. The van der Waals surface area contributed by atoms with Crippen LogP contribution in [0.3, 0.4) is 0 Å². The van der Waals surface area contributed by atoms with Crippen LogP contribution in [0.1, 0.15) is 38.4 Å². The lowest BCUT2D eigenvalue weighted by Crippen LogP contribution is -2.33. The summed E-state index contributed by atoms with van der Waals surface area (Å²) in [5.74, 6) is -0.741. The van der Waals surface area contributed by atoms with Crippen molar-refractivity contribution in [2.45, 2.75) is 26.3 Å². The van der Waals surface area contributed by atoms with Crippen molar-refractivity contribution < 1.29 is 19.4 Å². The van der Waals surface area contributed by atoms with Gasteiger partial charge in [-0.15, -0.1) is 11.3 Å². The minimum Gasteiger partial charge on any atom is -0.503 e. The predicted molar refractivity (Wildman–Crippen MR) is 116 cm³/mol. The Morgan fingerprint density at radius 1 is 1.33 bits per heavy atom. The molecule has 0 saturated carbocycles. The molecule has 1 aromatic heterocycles. The number of aromatic nitrogens is 1. The third-order valence-electron chi connectivity index (χ3n) is 5.07. The van der Waals surface area contributed by atoms with Crippen LogP contribution >= 0.6 is 11.3 Å². The number of amides is 1. The average Bonchev–Trinajstić information content (AvgIpc) is 3.17. The van der Waals surface area contributed by atoms with Crippen molar-refractivity contribution in [3.05, 3.63) is 56.7 Å². The summed E-state index contributed by atoms with van der Waals surface area (Å²) in [4.78, 5) is 34.8. The van der Waals surface area contributed by atoms with Crippen LogP contribution in [-0.2, 0) is 4.79 Å². The standard InChI is InChI=1S/C22H27N3O4S/c1-13-21(30-14(2)23-13)19(26)17-18(15-8-6-9-16(12-15)29-5)25(22(28)20(17)27)11-7-10-24(3)4/h6,8-9,12,18,27H,7,10-11H2,1-5H3/t18-/m1/s1. The van der Waals surface area contributed by atoms with Crippen molar-refractivity contribution in [3.8, 4) is 5.75 Å². The summed E-state index contributed by atoms with van der Waals surface area (Å²) in [6, 6.07) is 6.59. The van der Waals surface area contributed by atoms with E-state index in [-0.39, 0.29) is 11.4 Å². The molecule has 0 bridgehead atoms. The number of hydrogen-bond donors (Lipinski definition) is 1. The minimum absolute atomic E-state index is 0.102. The number of carbonyl (C=O) groups is 2. The minimum atomic E-state index is -0.677. The van der Waals surface area contributed by atoms with E-state index in [2.05, 4.69) is 4.98 Å². The molecule has 30 heavy (non-hydrogen) atoms. The zero-order valence-corrected chi connectivity index (χ0v) is 18.7. The molecule has 0 radical (unpaired) electrons. The van der Waals surface area contributed by atoms with Gasteiger partial charge in [-0.3, -0.25) is 9.59 Å². The molecule has 1 aromatic carbocycles. The molecule has 160 valence electrons. The van der Waals surface area contributed by atoms with Crippen molar-refractivity contribution >= 4 is 23.0 Å². The lowest BCUT2D eigenvalue weighted by atomic mass is 9.95. The highest BCUT2D eigenvalue weighted by atomic mass is 32.1. The van der Waals surface area contributed by atoms with E-state index in [1.54, 1.807) is 31.1 Å². The van der Waals surface area contributed by atoms with Gasteiger partial charge in [-0.25, -0.2) is 4.98 Å². The molecular formula is C22H27N3O4S. The largest absolute Gasteiger partial charge is 0.503 e. The Bertz CT molecular complexity index is 996. The van der Waals surface area contributed by atoms with Gasteiger partial charge in [-0.1, -0.05) is 12.1 Å². The number of thiazole rings is 1. The summed E-state index contributed by atoms with van der Waals surface area (Å²) >= 11 is 1.27. The second-order valence-corrected chi connectivity index (χ2v) is 8.78. The highest BCUT2D eigenvalue weighted by molar-refractivity contribution is 7.14. The maximum Gasteiger partial charge on any atom is 0.290 e. The third kappa shape index (κ3) is 4.24. The zero-order chi connectivity index (χ0) is 22.0. The number of aliphatic hydroxyl groups excluding tert-OH is 1. The molecule has 0 saturated heterocycles. The van der Waals surface area contributed by atoms with E-state index in [1.165, 1.54) is 11.3 Å². The van der Waals surface area contributed by atoms with E-state index in [9.17, 15) is 14.7 Å². The van der Waals surface area contributed by atoms with Crippen LogP contribution in [0.5, 0.6) is 5.75 Å². The fraction of sp³-hybridized carbons (Fsp3) is 0.409. The lowest BCUT2D eigenvalue weighted by Gasteiger charge is -2.27. The average molecular weight is 430 g/mol. The van der Waals surface area contributed by atoms with Gasteiger partial charge in [-0.2, -0.15) is 0 Å². The molecule has 3 rings (SSSR count). The summed E-state index contributed by atoms with van der Waals surface area (Å²) in [5, 5.41) is 11.5. The summed E-state index contributed by atoms with van der Waals surface area (Å²) < 4.78 is 5.34. The molecule has 1 aliphatic rings. The number of nitrogens with zero attached hydrogens (tertiary/aromatic N) is 3. The highest BCUT2D eigenvalue weighted by Crippen LogP contribution is 2.40. The maximum atomic E-state index is 13.4. The van der Waals surface area contributed by atoms with Crippen LogP contribution in [0.4, 0.5) is 0 Å². The Kier molecular flexibility index (Phi) is 6.58. The summed E-state index contributed by atoms with van der Waals surface area (Å²) in [6.07, 6.45) is 0.715. The monoisotopic (exact) mass is 429 g/mol. The van der Waals surface area contributed by atoms with E-state index in [4.69, 9.17) is 4.74 Å². The summed E-state index contributed by atoms with van der Waals surface area (Å²) in [6.45, 7) is 4.79. The molecule has 0 aliphatic carbocycles. The van der Waals surface area contributed by atoms with E-state index in [1.807, 2.05) is 38.1 Å². The molecule has 1 atom stereocenters. The fourth-order valence-electron chi connectivity index (χ4n) is 3.70. The Morgan fingerprint density at radius 2 is 2.07 bits per heavy atom. The Balaban J connectivity index is 2.06. The Hall–Kier alpha value is -2.71. The van der Waals surface area contributed by atoms with Gasteiger partial charge >= 0.3 is 0 Å². The van der Waals surface area contributed by atoms with Crippen LogP contribution in [-0.4, -0.2) is 65.9 Å². The number of rotatable bonds is 8. The van der Waals surface area contributed by atoms with E-state index >= 15 is 0 Å². The van der Waals surface area contributed by atoms with E-state index < -0.39 is 17.7 Å². The van der Waals surface area contributed by atoms with Gasteiger partial charge < -0.3 is 19.6 Å². The molecular weight excluding hydrogens is 402 g/mol. The van der Waals surface area contributed by atoms with Gasteiger partial charge in [-0.05, 0) is 58.6 Å². The second-order valence-electron chi connectivity index (χ2n) is 7.57. The van der Waals surface area contributed by atoms with Crippen LogP contribution in [0.2, 0.25) is 0 Å². The molecule has 1 N–H and O–H groups in total. The van der Waals surface area contributed by atoms with Gasteiger partial charge in [0.25, 0.3) is 5.91 Å². The first-order chi connectivity index (χ1) is 14.2. The van der Waals surface area contributed by atoms with Crippen LogP contribution in [0, 0.1) is 13.8 Å². The molecule has 8 heteroatoms. The van der Waals surface area contributed by atoms with Crippen LogP contribution < -0.4 is 4.74 Å². The molecule has 0 unspecified atom stereocenters. The first kappa shape index (κ1) is 22.0. The first-order valence-corrected chi connectivity index (χ1v) is 10.6. The van der Waals surface area contributed by atoms with Crippen molar-refractivity contribution in [1.29, 1.82) is 0 Å². The van der Waals surface area contributed by atoms with Gasteiger partial charge in [0.2, 0.25) is 5.78 Å². The lowest BCUT2D eigenvalue weighted by molar-refractivity contribution is -0.129. The molecule has 2 aromatic rings. The SMILES string of the molecule is COc1cccc([C@@H]2C(C(=O)c3sc(C)nc3C)=C(O)C(=O)N2CCCN(C)C)c1. The van der Waals surface area contributed by atoms with Gasteiger partial charge in [0.1, 0.15) is 5.75 Å². The normalized spacial score (nSPS) is 16.7. The number of Topliss-reactive ketones (excluding diaryl/α,β-unsaturated/α-hetero) is 1. The number of methoxy groups -OCH3 is 1. The van der Waals surface area contributed by atoms with Gasteiger partial charge in [0.05, 0.1) is 34.3 Å². The molecule has 0 fully saturated rings. The quantitative estimate of drug-likeness (QED) is 0.649. The van der Waals surface area contributed by atoms with Crippen molar-refractivity contribution in [3.63, 3.8) is 0 Å². The van der Waals surface area contributed by atoms with Gasteiger partial charge in [0.15, 0.2) is 5.76 Å². The topological polar surface area (TPSA) is 83.0 Å². The molecule has 1 amide bonds. The Morgan fingerprint density at radius 3 is 2.67 bits per heavy atom. The molecule has 7 nitrogen and oxygen atoms in total.